The second-order valence-corrected chi connectivity index (χ2v) is 3.95. The van der Waals surface area contributed by atoms with Crippen molar-refractivity contribution < 1.29 is 14.3 Å². The van der Waals surface area contributed by atoms with Crippen LogP contribution in [-0.4, -0.2) is 18.1 Å². The van der Waals surface area contributed by atoms with Gasteiger partial charge < -0.3 is 14.8 Å². The average Bonchev–Trinajstić information content (AvgIpc) is 2.46. The summed E-state index contributed by atoms with van der Waals surface area (Å²) in [6.45, 7) is 0.467. The minimum Gasteiger partial charge on any atom is -0.478 e. The molecule has 15 heavy (non-hydrogen) atoms. The van der Waals surface area contributed by atoms with Crippen LogP contribution in [0, 0.1) is 0 Å². The van der Waals surface area contributed by atoms with Gasteiger partial charge in [0.05, 0.1) is 12.8 Å². The molecule has 1 aromatic heterocycles. The molecule has 0 atom stereocenters. The molecule has 0 saturated heterocycles. The summed E-state index contributed by atoms with van der Waals surface area (Å²) in [6, 6.07) is 0. The first kappa shape index (κ1) is 10.2. The van der Waals surface area contributed by atoms with Crippen LogP contribution in [0.2, 0.25) is 0 Å². The quantitative estimate of drug-likeness (QED) is 0.795. The molecule has 1 aromatic rings. The molecule has 2 rings (SSSR count). The Morgan fingerprint density at radius 1 is 1.67 bits per heavy atom. The lowest BCUT2D eigenvalue weighted by molar-refractivity contribution is 0.0692. The van der Waals surface area contributed by atoms with Gasteiger partial charge in [0.1, 0.15) is 11.3 Å². The summed E-state index contributed by atoms with van der Waals surface area (Å²) in [5.74, 6) is 0.0493. The van der Waals surface area contributed by atoms with Crippen LogP contribution in [0.4, 0.5) is 0 Å². The van der Waals surface area contributed by atoms with E-state index in [1.807, 2.05) is 0 Å². The molecule has 2 N–H and O–H groups in total. The number of carboxylic acid groups (broad SMARTS) is 1. The van der Waals surface area contributed by atoms with Crippen LogP contribution in [0.25, 0.3) is 0 Å². The lowest BCUT2D eigenvalue weighted by atomic mass is 9.79. The SMILES string of the molecule is CNCc1occ(C2CCC2)c1C(=O)O. The Labute approximate surface area is 88.3 Å². The molecule has 0 aromatic carbocycles. The number of hydrogen-bond donors (Lipinski definition) is 2. The fourth-order valence-electron chi connectivity index (χ4n) is 1.97. The van der Waals surface area contributed by atoms with E-state index in [1.54, 1.807) is 13.3 Å². The Hall–Kier alpha value is -1.29. The summed E-state index contributed by atoms with van der Waals surface area (Å²) in [5, 5.41) is 12.1. The lowest BCUT2D eigenvalue weighted by Gasteiger charge is -2.24. The molecule has 1 saturated carbocycles. The van der Waals surface area contributed by atoms with Gasteiger partial charge >= 0.3 is 5.97 Å². The molecule has 0 spiro atoms. The van der Waals surface area contributed by atoms with Gasteiger partial charge in [0.15, 0.2) is 0 Å². The third-order valence-corrected chi connectivity index (χ3v) is 2.99. The molecule has 1 aliphatic rings. The van der Waals surface area contributed by atoms with Crippen molar-refractivity contribution in [3.8, 4) is 0 Å². The van der Waals surface area contributed by atoms with E-state index < -0.39 is 5.97 Å². The van der Waals surface area contributed by atoms with Crippen LogP contribution in [-0.2, 0) is 6.54 Å². The maximum absolute atomic E-state index is 11.1. The standard InChI is InChI=1S/C11H15NO3/c1-12-5-9-10(11(13)14)8(6-15-9)7-3-2-4-7/h6-7,12H,2-5H2,1H3,(H,13,14). The number of rotatable bonds is 4. The van der Waals surface area contributed by atoms with Crippen LogP contribution >= 0.6 is 0 Å². The van der Waals surface area contributed by atoms with Crippen LogP contribution in [0.15, 0.2) is 10.7 Å². The Kier molecular flexibility index (Phi) is 2.77. The number of carbonyl (C=O) groups is 1. The van der Waals surface area contributed by atoms with E-state index in [4.69, 9.17) is 9.52 Å². The maximum Gasteiger partial charge on any atom is 0.339 e. The van der Waals surface area contributed by atoms with Crippen molar-refractivity contribution in [1.82, 2.24) is 5.32 Å². The van der Waals surface area contributed by atoms with Crippen molar-refractivity contribution in [2.45, 2.75) is 31.7 Å². The molecule has 1 aliphatic carbocycles. The molecule has 0 unspecified atom stereocenters. The lowest BCUT2D eigenvalue weighted by Crippen LogP contribution is -2.14. The normalized spacial score (nSPS) is 16.3. The Morgan fingerprint density at radius 3 is 2.87 bits per heavy atom. The van der Waals surface area contributed by atoms with Gasteiger partial charge in [-0.25, -0.2) is 4.79 Å². The smallest absolute Gasteiger partial charge is 0.339 e. The van der Waals surface area contributed by atoms with Crippen molar-refractivity contribution >= 4 is 5.97 Å². The minimum atomic E-state index is -0.879. The van der Waals surface area contributed by atoms with E-state index in [0.717, 1.165) is 18.4 Å². The molecular weight excluding hydrogens is 194 g/mol. The summed E-state index contributed by atoms with van der Waals surface area (Å²) in [5.41, 5.74) is 1.24. The molecule has 0 aliphatic heterocycles. The molecule has 1 fully saturated rings. The predicted octanol–water partition coefficient (Wildman–Crippen LogP) is 1.96. The topological polar surface area (TPSA) is 62.5 Å². The first-order chi connectivity index (χ1) is 7.24. The molecule has 4 nitrogen and oxygen atoms in total. The van der Waals surface area contributed by atoms with E-state index in [0.29, 0.717) is 23.8 Å². The molecule has 0 radical (unpaired) electrons. The number of carboxylic acids is 1. The number of aromatic carboxylic acids is 1. The average molecular weight is 209 g/mol. The van der Waals surface area contributed by atoms with Crippen molar-refractivity contribution in [2.75, 3.05) is 7.05 Å². The minimum absolute atomic E-state index is 0.369. The first-order valence-electron chi connectivity index (χ1n) is 5.22. The zero-order valence-corrected chi connectivity index (χ0v) is 8.75. The monoisotopic (exact) mass is 209 g/mol. The van der Waals surface area contributed by atoms with Gasteiger partial charge in [0.25, 0.3) is 0 Å². The predicted molar refractivity (Wildman–Crippen MR) is 55.0 cm³/mol. The summed E-state index contributed by atoms with van der Waals surface area (Å²) in [6.07, 6.45) is 4.97. The Balaban J connectivity index is 2.32. The van der Waals surface area contributed by atoms with E-state index in [1.165, 1.54) is 6.42 Å². The molecule has 0 bridgehead atoms. The van der Waals surface area contributed by atoms with Gasteiger partial charge in [0, 0.05) is 5.56 Å². The van der Waals surface area contributed by atoms with Crippen LogP contribution in [0.3, 0.4) is 0 Å². The van der Waals surface area contributed by atoms with E-state index in [-0.39, 0.29) is 0 Å². The third-order valence-electron chi connectivity index (χ3n) is 2.99. The Morgan fingerprint density at radius 2 is 2.40 bits per heavy atom. The number of furan rings is 1. The zero-order valence-electron chi connectivity index (χ0n) is 8.75. The number of hydrogen-bond acceptors (Lipinski definition) is 3. The van der Waals surface area contributed by atoms with Gasteiger partial charge in [-0.15, -0.1) is 0 Å². The van der Waals surface area contributed by atoms with Crippen LogP contribution in [0.5, 0.6) is 0 Å². The van der Waals surface area contributed by atoms with Crippen molar-refractivity contribution in [3.63, 3.8) is 0 Å². The second kappa shape index (κ2) is 4.06. The summed E-state index contributed by atoms with van der Waals surface area (Å²) >= 11 is 0. The molecule has 82 valence electrons. The van der Waals surface area contributed by atoms with E-state index in [2.05, 4.69) is 5.32 Å². The summed E-state index contributed by atoms with van der Waals surface area (Å²) < 4.78 is 5.31. The highest BCUT2D eigenvalue weighted by molar-refractivity contribution is 5.90. The summed E-state index contributed by atoms with van der Waals surface area (Å²) in [7, 11) is 1.77. The fraction of sp³-hybridized carbons (Fsp3) is 0.545. The highest BCUT2D eigenvalue weighted by Crippen LogP contribution is 2.39. The largest absolute Gasteiger partial charge is 0.478 e. The highest BCUT2D eigenvalue weighted by atomic mass is 16.4. The van der Waals surface area contributed by atoms with Crippen molar-refractivity contribution in [3.05, 3.63) is 23.2 Å². The molecule has 0 amide bonds. The molecular formula is C11H15NO3. The van der Waals surface area contributed by atoms with Gasteiger partial charge in [-0.05, 0) is 25.8 Å². The first-order valence-corrected chi connectivity index (χ1v) is 5.22. The molecule has 4 heteroatoms. The Bertz CT molecular complexity index is 366. The summed E-state index contributed by atoms with van der Waals surface area (Å²) in [4.78, 5) is 11.1. The fourth-order valence-corrected chi connectivity index (χ4v) is 1.97. The van der Waals surface area contributed by atoms with Crippen molar-refractivity contribution in [2.24, 2.45) is 0 Å². The van der Waals surface area contributed by atoms with Crippen molar-refractivity contribution in [1.29, 1.82) is 0 Å². The highest BCUT2D eigenvalue weighted by Gasteiger charge is 2.28. The van der Waals surface area contributed by atoms with E-state index in [9.17, 15) is 4.79 Å². The van der Waals surface area contributed by atoms with Gasteiger partial charge in [0.2, 0.25) is 0 Å². The maximum atomic E-state index is 11.1. The van der Waals surface area contributed by atoms with Crippen LogP contribution < -0.4 is 5.32 Å². The zero-order chi connectivity index (χ0) is 10.8. The second-order valence-electron chi connectivity index (χ2n) is 3.95. The van der Waals surface area contributed by atoms with Crippen LogP contribution in [0.1, 0.15) is 46.9 Å². The van der Waals surface area contributed by atoms with Gasteiger partial charge in [-0.3, -0.25) is 0 Å². The number of nitrogens with one attached hydrogen (secondary N) is 1. The third kappa shape index (κ3) is 1.77. The molecule has 1 heterocycles. The van der Waals surface area contributed by atoms with Gasteiger partial charge in [-0.1, -0.05) is 6.42 Å². The van der Waals surface area contributed by atoms with E-state index >= 15 is 0 Å². The van der Waals surface area contributed by atoms with Gasteiger partial charge in [-0.2, -0.15) is 0 Å².